The summed E-state index contributed by atoms with van der Waals surface area (Å²) in [5.41, 5.74) is 0. The molecule has 0 unspecified atom stereocenters. The van der Waals surface area contributed by atoms with Gasteiger partial charge in [0.05, 0.1) is 25.1 Å². The van der Waals surface area contributed by atoms with E-state index in [-0.39, 0.29) is 43.0 Å². The number of aliphatic hydroxyl groups excluding tert-OH is 1. The second-order valence-corrected chi connectivity index (χ2v) is 8.32. The summed E-state index contributed by atoms with van der Waals surface area (Å²) in [6.07, 6.45) is 3.16. The highest BCUT2D eigenvalue weighted by molar-refractivity contribution is 5.86. The molecule has 0 radical (unpaired) electrons. The standard InChI is InChI=1S/C20H31N5O3/c1-13(2)9-17-16(20(28)23(4)7-8-26)10-15-11-24(12-19(27)25(15)17)18-5-6-21-14(3)22-18/h5-6,13,15-17,26H,7-12H2,1-4H3/t15-,16-,17-/m1/s1. The molecule has 0 aromatic carbocycles. The number of hydrogen-bond donors (Lipinski definition) is 1. The third kappa shape index (κ3) is 4.11. The van der Waals surface area contributed by atoms with Gasteiger partial charge in [-0.05, 0) is 31.7 Å². The number of carbonyl (C=O) groups excluding carboxylic acids is 2. The Hall–Kier alpha value is -2.22. The Morgan fingerprint density at radius 1 is 1.43 bits per heavy atom. The van der Waals surface area contributed by atoms with E-state index in [1.54, 1.807) is 18.1 Å². The van der Waals surface area contributed by atoms with Crippen LogP contribution in [0.1, 0.15) is 32.5 Å². The Kier molecular flexibility index (Phi) is 6.17. The third-order valence-electron chi connectivity index (χ3n) is 5.71. The number of amides is 2. The lowest BCUT2D eigenvalue weighted by atomic mass is 9.91. The summed E-state index contributed by atoms with van der Waals surface area (Å²) in [5.74, 6) is 1.67. The zero-order chi connectivity index (χ0) is 20.4. The predicted molar refractivity (Wildman–Crippen MR) is 106 cm³/mol. The van der Waals surface area contributed by atoms with Crippen molar-refractivity contribution in [2.24, 2.45) is 11.8 Å². The van der Waals surface area contributed by atoms with Crippen molar-refractivity contribution >= 4 is 17.6 Å². The van der Waals surface area contributed by atoms with Crippen LogP contribution in [0.3, 0.4) is 0 Å². The van der Waals surface area contributed by atoms with Crippen molar-refractivity contribution in [2.45, 2.75) is 45.7 Å². The summed E-state index contributed by atoms with van der Waals surface area (Å²) in [6, 6.07) is 1.74. The topological polar surface area (TPSA) is 89.9 Å². The number of hydrogen-bond acceptors (Lipinski definition) is 6. The summed E-state index contributed by atoms with van der Waals surface area (Å²) >= 11 is 0. The lowest BCUT2D eigenvalue weighted by molar-refractivity contribution is -0.138. The van der Waals surface area contributed by atoms with E-state index in [2.05, 4.69) is 23.8 Å². The largest absolute Gasteiger partial charge is 0.395 e. The average Bonchev–Trinajstić information content (AvgIpc) is 2.99. The number of anilines is 1. The molecule has 2 amide bonds. The van der Waals surface area contributed by atoms with Crippen molar-refractivity contribution in [2.75, 3.05) is 38.2 Å². The van der Waals surface area contributed by atoms with Crippen molar-refractivity contribution in [1.29, 1.82) is 0 Å². The number of aryl methyl sites for hydroxylation is 1. The Bertz CT molecular complexity index is 726. The third-order valence-corrected chi connectivity index (χ3v) is 5.71. The van der Waals surface area contributed by atoms with Gasteiger partial charge < -0.3 is 19.8 Å². The molecule has 0 saturated carbocycles. The van der Waals surface area contributed by atoms with E-state index >= 15 is 0 Å². The van der Waals surface area contributed by atoms with Gasteiger partial charge in [0, 0.05) is 32.4 Å². The number of aliphatic hydroxyl groups is 1. The fourth-order valence-corrected chi connectivity index (χ4v) is 4.51. The van der Waals surface area contributed by atoms with Crippen molar-refractivity contribution in [3.8, 4) is 0 Å². The molecule has 154 valence electrons. The molecule has 28 heavy (non-hydrogen) atoms. The Morgan fingerprint density at radius 2 is 2.18 bits per heavy atom. The lowest BCUT2D eigenvalue weighted by Gasteiger charge is -2.41. The van der Waals surface area contributed by atoms with Gasteiger partial charge in [0.25, 0.3) is 0 Å². The van der Waals surface area contributed by atoms with Crippen LogP contribution in [0.2, 0.25) is 0 Å². The van der Waals surface area contributed by atoms with Crippen LogP contribution in [-0.2, 0) is 9.59 Å². The molecular formula is C20H31N5O3. The van der Waals surface area contributed by atoms with E-state index in [1.807, 2.05) is 22.8 Å². The van der Waals surface area contributed by atoms with Crippen LogP contribution in [0.25, 0.3) is 0 Å². The summed E-state index contributed by atoms with van der Waals surface area (Å²) < 4.78 is 0. The van der Waals surface area contributed by atoms with Crippen molar-refractivity contribution in [3.05, 3.63) is 18.1 Å². The van der Waals surface area contributed by atoms with Crippen LogP contribution >= 0.6 is 0 Å². The molecule has 3 atom stereocenters. The van der Waals surface area contributed by atoms with E-state index < -0.39 is 0 Å². The van der Waals surface area contributed by atoms with Crippen LogP contribution < -0.4 is 4.90 Å². The molecule has 1 aromatic heterocycles. The van der Waals surface area contributed by atoms with Crippen LogP contribution in [-0.4, -0.2) is 82.1 Å². The van der Waals surface area contributed by atoms with Crippen molar-refractivity contribution < 1.29 is 14.7 Å². The Morgan fingerprint density at radius 3 is 2.82 bits per heavy atom. The van der Waals surface area contributed by atoms with Gasteiger partial charge in [-0.1, -0.05) is 13.8 Å². The summed E-state index contributed by atoms with van der Waals surface area (Å²) in [7, 11) is 1.72. The number of likely N-dealkylation sites (N-methyl/N-ethyl adjacent to an activating group) is 1. The minimum atomic E-state index is -0.222. The maximum absolute atomic E-state index is 13.1. The summed E-state index contributed by atoms with van der Waals surface area (Å²) in [5, 5.41) is 9.19. The highest BCUT2D eigenvalue weighted by atomic mass is 16.3. The first kappa shape index (κ1) is 20.5. The first-order chi connectivity index (χ1) is 13.3. The van der Waals surface area contributed by atoms with Crippen molar-refractivity contribution in [3.63, 3.8) is 0 Å². The first-order valence-electron chi connectivity index (χ1n) is 10.0. The Labute approximate surface area is 166 Å². The molecule has 0 bridgehead atoms. The molecule has 2 aliphatic heterocycles. The monoisotopic (exact) mass is 389 g/mol. The van der Waals surface area contributed by atoms with E-state index in [0.29, 0.717) is 31.3 Å². The smallest absolute Gasteiger partial charge is 0.242 e. The number of fused-ring (bicyclic) bond motifs is 1. The van der Waals surface area contributed by atoms with E-state index in [0.717, 1.165) is 12.2 Å². The number of aromatic nitrogens is 2. The van der Waals surface area contributed by atoms with Crippen LogP contribution in [0, 0.1) is 18.8 Å². The minimum absolute atomic E-state index is 0.00301. The fraction of sp³-hybridized carbons (Fsp3) is 0.700. The number of carbonyl (C=O) groups is 2. The van der Waals surface area contributed by atoms with Gasteiger partial charge in [-0.2, -0.15) is 0 Å². The molecule has 1 N–H and O–H groups in total. The number of rotatable bonds is 6. The second-order valence-electron chi connectivity index (χ2n) is 8.32. The van der Waals surface area contributed by atoms with Crippen molar-refractivity contribution in [1.82, 2.24) is 19.8 Å². The molecule has 2 aliphatic rings. The average molecular weight is 390 g/mol. The van der Waals surface area contributed by atoms with Gasteiger partial charge in [0.1, 0.15) is 11.6 Å². The van der Waals surface area contributed by atoms with Gasteiger partial charge in [-0.15, -0.1) is 0 Å². The molecule has 3 heterocycles. The van der Waals surface area contributed by atoms with Gasteiger partial charge in [0.15, 0.2) is 0 Å². The molecule has 3 rings (SSSR count). The quantitative estimate of drug-likeness (QED) is 0.770. The molecule has 8 nitrogen and oxygen atoms in total. The summed E-state index contributed by atoms with van der Waals surface area (Å²) in [4.78, 5) is 40.2. The van der Waals surface area contributed by atoms with E-state index in [9.17, 15) is 14.7 Å². The highest BCUT2D eigenvalue weighted by Gasteiger charge is 2.50. The molecule has 2 fully saturated rings. The first-order valence-corrected chi connectivity index (χ1v) is 10.0. The van der Waals surface area contributed by atoms with Crippen LogP contribution in [0.15, 0.2) is 12.3 Å². The van der Waals surface area contributed by atoms with Gasteiger partial charge in [-0.25, -0.2) is 9.97 Å². The SMILES string of the molecule is Cc1nccc(N2CC(=O)N3[C@H](C[C@@H](C(=O)N(C)CCO)[C@H]3CC(C)C)C2)n1. The molecule has 0 aliphatic carbocycles. The zero-order valence-corrected chi connectivity index (χ0v) is 17.2. The normalized spacial score (nSPS) is 24.6. The van der Waals surface area contributed by atoms with Gasteiger partial charge >= 0.3 is 0 Å². The number of piperazine rings is 1. The number of nitrogens with zero attached hydrogens (tertiary/aromatic N) is 5. The zero-order valence-electron chi connectivity index (χ0n) is 17.2. The maximum Gasteiger partial charge on any atom is 0.242 e. The van der Waals surface area contributed by atoms with E-state index in [1.165, 1.54) is 0 Å². The molecular weight excluding hydrogens is 358 g/mol. The second kappa shape index (κ2) is 8.43. The lowest BCUT2D eigenvalue weighted by Crippen LogP contribution is -2.57. The fourth-order valence-electron chi connectivity index (χ4n) is 4.51. The molecule has 2 saturated heterocycles. The van der Waals surface area contributed by atoms with Gasteiger partial charge in [-0.3, -0.25) is 9.59 Å². The minimum Gasteiger partial charge on any atom is -0.395 e. The molecule has 0 spiro atoms. The maximum atomic E-state index is 13.1. The van der Waals surface area contributed by atoms with Gasteiger partial charge in [0.2, 0.25) is 11.8 Å². The van der Waals surface area contributed by atoms with Crippen LogP contribution in [0.4, 0.5) is 5.82 Å². The molecule has 1 aromatic rings. The highest BCUT2D eigenvalue weighted by Crippen LogP contribution is 2.38. The summed E-state index contributed by atoms with van der Waals surface area (Å²) in [6.45, 7) is 7.28. The van der Waals surface area contributed by atoms with E-state index in [4.69, 9.17) is 0 Å². The van der Waals surface area contributed by atoms with Crippen LogP contribution in [0.5, 0.6) is 0 Å². The molecule has 8 heteroatoms. The Balaban J connectivity index is 1.83. The predicted octanol–water partition coefficient (Wildman–Crippen LogP) is 0.688.